The second-order valence-electron chi connectivity index (χ2n) is 5.87. The predicted molar refractivity (Wildman–Crippen MR) is 89.9 cm³/mol. The summed E-state index contributed by atoms with van der Waals surface area (Å²) in [7, 11) is 1.26. The number of hydrogen-bond acceptors (Lipinski definition) is 5. The highest BCUT2D eigenvalue weighted by molar-refractivity contribution is 7.71. The van der Waals surface area contributed by atoms with E-state index in [9.17, 15) is 9.59 Å². The molecule has 1 saturated carbocycles. The van der Waals surface area contributed by atoms with Gasteiger partial charge in [-0.3, -0.25) is 14.3 Å². The summed E-state index contributed by atoms with van der Waals surface area (Å²) in [6.07, 6.45) is 1.93. The first-order chi connectivity index (χ1) is 10.9. The third-order valence-electron chi connectivity index (χ3n) is 3.91. The molecule has 1 aliphatic rings. The molecule has 0 radical (unpaired) electrons. The van der Waals surface area contributed by atoms with E-state index < -0.39 is 11.5 Å². The van der Waals surface area contributed by atoms with Crippen molar-refractivity contribution in [2.24, 2.45) is 0 Å². The lowest BCUT2D eigenvalue weighted by Gasteiger charge is -2.17. The molecule has 6 nitrogen and oxygen atoms in total. The molecule has 8 heteroatoms. The number of esters is 1. The lowest BCUT2D eigenvalue weighted by atomic mass is 10.1. The fourth-order valence-corrected chi connectivity index (χ4v) is 3.43. The number of carbonyl (C=O) groups is 1. The molecule has 0 atom stereocenters. The molecule has 0 bridgehead atoms. The number of methoxy groups -OCH3 is 1. The van der Waals surface area contributed by atoms with Gasteiger partial charge in [-0.2, -0.15) is 0 Å². The molecule has 0 unspecified atom stereocenters. The Hall–Kier alpha value is -1.73. The van der Waals surface area contributed by atoms with E-state index in [-0.39, 0.29) is 32.7 Å². The molecule has 0 aromatic carbocycles. The number of nitrogens with one attached hydrogen (secondary N) is 1. The van der Waals surface area contributed by atoms with Gasteiger partial charge in [-0.05, 0) is 38.9 Å². The highest BCUT2D eigenvalue weighted by Crippen LogP contribution is 2.44. The standard InChI is InChI=1S/C15H16ClN3O3S/c1-6(2)19-12-9(13(20)18-15(19)23)8(14(21)22-3)10(16)11(17-12)7-4-5-7/h6-7H,4-5H2,1-3H3,(H,18,20,23). The first-order valence-electron chi connectivity index (χ1n) is 7.33. The van der Waals surface area contributed by atoms with Crippen molar-refractivity contribution in [3.8, 4) is 0 Å². The summed E-state index contributed by atoms with van der Waals surface area (Å²) in [5.41, 5.74) is 0.584. The van der Waals surface area contributed by atoms with Crippen LogP contribution in [0.5, 0.6) is 0 Å². The number of nitrogens with zero attached hydrogens (tertiary/aromatic N) is 2. The molecule has 1 fully saturated rings. The first-order valence-corrected chi connectivity index (χ1v) is 8.11. The van der Waals surface area contributed by atoms with Gasteiger partial charge in [-0.25, -0.2) is 9.78 Å². The molecule has 0 aliphatic heterocycles. The lowest BCUT2D eigenvalue weighted by molar-refractivity contribution is 0.0603. The summed E-state index contributed by atoms with van der Waals surface area (Å²) in [5, 5.41) is 0.318. The summed E-state index contributed by atoms with van der Waals surface area (Å²) in [5.74, 6) is -0.439. The van der Waals surface area contributed by atoms with Gasteiger partial charge < -0.3 is 4.74 Å². The monoisotopic (exact) mass is 353 g/mol. The van der Waals surface area contributed by atoms with E-state index in [1.165, 1.54) is 7.11 Å². The molecule has 1 aliphatic carbocycles. The molecule has 0 amide bonds. The quantitative estimate of drug-likeness (QED) is 0.676. The highest BCUT2D eigenvalue weighted by Gasteiger charge is 2.33. The van der Waals surface area contributed by atoms with Crippen LogP contribution < -0.4 is 5.56 Å². The summed E-state index contributed by atoms with van der Waals surface area (Å²) < 4.78 is 6.82. The van der Waals surface area contributed by atoms with Crippen molar-refractivity contribution >= 4 is 40.8 Å². The van der Waals surface area contributed by atoms with Gasteiger partial charge in [0.1, 0.15) is 5.65 Å². The van der Waals surface area contributed by atoms with E-state index in [2.05, 4.69) is 9.97 Å². The van der Waals surface area contributed by atoms with E-state index in [1.54, 1.807) is 4.57 Å². The Labute approximate surface area is 142 Å². The zero-order valence-electron chi connectivity index (χ0n) is 13.0. The molecular weight excluding hydrogens is 338 g/mol. The van der Waals surface area contributed by atoms with Gasteiger partial charge in [0.05, 0.1) is 28.8 Å². The molecule has 23 heavy (non-hydrogen) atoms. The normalized spacial score (nSPS) is 14.5. The smallest absolute Gasteiger partial charge is 0.340 e. The van der Waals surface area contributed by atoms with Gasteiger partial charge in [-0.15, -0.1) is 0 Å². The number of H-pyrrole nitrogens is 1. The van der Waals surface area contributed by atoms with E-state index in [4.69, 9.17) is 28.6 Å². The maximum absolute atomic E-state index is 12.4. The number of rotatable bonds is 3. The Morgan fingerprint density at radius 1 is 1.48 bits per heavy atom. The number of ether oxygens (including phenoxy) is 1. The Morgan fingerprint density at radius 2 is 2.13 bits per heavy atom. The van der Waals surface area contributed by atoms with Crippen molar-refractivity contribution in [2.75, 3.05) is 7.11 Å². The summed E-state index contributed by atoms with van der Waals surface area (Å²) in [6.45, 7) is 3.86. The highest BCUT2D eigenvalue weighted by atomic mass is 35.5. The Kier molecular flexibility index (Phi) is 4.01. The van der Waals surface area contributed by atoms with Gasteiger partial charge in [0.15, 0.2) is 4.77 Å². The first kappa shape index (κ1) is 16.1. The number of carbonyl (C=O) groups excluding carboxylic acids is 1. The Morgan fingerprint density at radius 3 is 2.65 bits per heavy atom. The van der Waals surface area contributed by atoms with E-state index in [0.29, 0.717) is 11.3 Å². The fraction of sp³-hybridized carbons (Fsp3) is 0.467. The van der Waals surface area contributed by atoms with E-state index >= 15 is 0 Å². The average molecular weight is 354 g/mol. The van der Waals surface area contributed by atoms with Crippen LogP contribution >= 0.6 is 23.8 Å². The van der Waals surface area contributed by atoms with Gasteiger partial charge in [0.25, 0.3) is 5.56 Å². The second kappa shape index (κ2) is 5.72. The second-order valence-corrected chi connectivity index (χ2v) is 6.64. The molecular formula is C15H16ClN3O3S. The average Bonchev–Trinajstić information content (AvgIpc) is 3.30. The van der Waals surface area contributed by atoms with Crippen LogP contribution in [0.3, 0.4) is 0 Å². The van der Waals surface area contributed by atoms with Crippen LogP contribution in [-0.2, 0) is 4.74 Å². The zero-order chi connectivity index (χ0) is 16.9. The van der Waals surface area contributed by atoms with Crippen molar-refractivity contribution in [1.82, 2.24) is 14.5 Å². The van der Waals surface area contributed by atoms with Crippen molar-refractivity contribution < 1.29 is 9.53 Å². The minimum Gasteiger partial charge on any atom is -0.465 e. The zero-order valence-corrected chi connectivity index (χ0v) is 14.5. The van der Waals surface area contributed by atoms with Crippen molar-refractivity contribution in [3.63, 3.8) is 0 Å². The van der Waals surface area contributed by atoms with Crippen molar-refractivity contribution in [2.45, 2.75) is 38.6 Å². The van der Waals surface area contributed by atoms with Crippen LogP contribution in [0, 0.1) is 4.77 Å². The molecule has 0 spiro atoms. The number of pyridine rings is 1. The van der Waals surface area contributed by atoms with Gasteiger partial charge >= 0.3 is 5.97 Å². The number of aromatic nitrogens is 3. The van der Waals surface area contributed by atoms with E-state index in [1.807, 2.05) is 13.8 Å². The maximum atomic E-state index is 12.4. The number of halogens is 1. The number of fused-ring (bicyclic) bond motifs is 1. The molecule has 3 rings (SSSR count). The Balaban J connectivity index is 2.55. The summed E-state index contributed by atoms with van der Waals surface area (Å²) in [4.78, 5) is 31.8. The minimum atomic E-state index is -0.651. The third-order valence-corrected chi connectivity index (χ3v) is 4.59. The predicted octanol–water partition coefficient (Wildman–Crippen LogP) is 3.35. The van der Waals surface area contributed by atoms with Gasteiger partial charge in [-0.1, -0.05) is 11.6 Å². The van der Waals surface area contributed by atoms with Gasteiger partial charge in [0, 0.05) is 12.0 Å². The van der Waals surface area contributed by atoms with Crippen LogP contribution in [-0.4, -0.2) is 27.6 Å². The van der Waals surface area contributed by atoms with Crippen LogP contribution in [0.1, 0.15) is 54.7 Å². The number of hydrogen-bond donors (Lipinski definition) is 1. The van der Waals surface area contributed by atoms with E-state index in [0.717, 1.165) is 12.8 Å². The fourth-order valence-electron chi connectivity index (χ4n) is 2.67. The lowest BCUT2D eigenvalue weighted by Crippen LogP contribution is -2.21. The topological polar surface area (TPSA) is 77.0 Å². The van der Waals surface area contributed by atoms with Gasteiger partial charge in [0.2, 0.25) is 0 Å². The molecule has 2 aromatic rings. The third kappa shape index (κ3) is 2.57. The summed E-state index contributed by atoms with van der Waals surface area (Å²) in [6, 6.07) is -0.0342. The molecule has 2 heterocycles. The molecule has 1 N–H and O–H groups in total. The number of aromatic amines is 1. The van der Waals surface area contributed by atoms with Crippen LogP contribution in [0.2, 0.25) is 5.02 Å². The summed E-state index contributed by atoms with van der Waals surface area (Å²) >= 11 is 11.6. The van der Waals surface area contributed by atoms with Crippen LogP contribution in [0.25, 0.3) is 11.0 Å². The Bertz CT molecular complexity index is 928. The maximum Gasteiger partial charge on any atom is 0.340 e. The van der Waals surface area contributed by atoms with Crippen molar-refractivity contribution in [1.29, 1.82) is 0 Å². The van der Waals surface area contributed by atoms with Crippen LogP contribution in [0.15, 0.2) is 4.79 Å². The molecule has 122 valence electrons. The van der Waals surface area contributed by atoms with Crippen molar-refractivity contribution in [3.05, 3.63) is 31.4 Å². The van der Waals surface area contributed by atoms with Crippen LogP contribution in [0.4, 0.5) is 0 Å². The largest absolute Gasteiger partial charge is 0.465 e. The minimum absolute atomic E-state index is 0.0342. The molecule has 0 saturated heterocycles. The molecule has 2 aromatic heterocycles. The SMILES string of the molecule is COC(=O)c1c(Cl)c(C2CC2)nc2c1c(=O)[nH]c(=S)n2C(C)C.